The van der Waals surface area contributed by atoms with E-state index in [1.54, 1.807) is 0 Å². The Morgan fingerprint density at radius 3 is 1.81 bits per heavy atom. The number of benzene rings is 1. The molecule has 21 heavy (non-hydrogen) atoms. The van der Waals surface area contributed by atoms with Crippen molar-refractivity contribution in [3.05, 3.63) is 34.4 Å². The molecule has 0 atom stereocenters. The zero-order valence-corrected chi connectivity index (χ0v) is 13.9. The van der Waals surface area contributed by atoms with Crippen LogP contribution in [0.5, 0.6) is 0 Å². The zero-order chi connectivity index (χ0) is 17.0. The molecule has 0 heterocycles. The highest BCUT2D eigenvalue weighted by Gasteiger charge is 2.30. The molecule has 0 spiro atoms. The minimum Gasteiger partial charge on any atom is -0.222 e. The third kappa shape index (κ3) is 7.48. The number of rotatable bonds is 2. The maximum absolute atomic E-state index is 11.2. The molecule has 0 N–H and O–H groups in total. The monoisotopic (exact) mass is 316 g/mol. The summed E-state index contributed by atoms with van der Waals surface area (Å²) in [6, 6.07) is 4.20. The standard InChI is InChI=1S/C15H21O.ClHO4/c1-10(2)12-7-11(3)8-14(13(12)9-16)15(4,5)6;2-1(3,4)5/h7-8,10H,1-6H3;(H,2,3,4,5)/q+1;/p-1. The third-order valence-electron chi connectivity index (χ3n) is 2.85. The van der Waals surface area contributed by atoms with Crippen molar-refractivity contribution < 1.29 is 33.7 Å². The van der Waals surface area contributed by atoms with Crippen LogP contribution in [0.1, 0.15) is 62.8 Å². The quantitative estimate of drug-likeness (QED) is 0.658. The molecule has 1 aromatic carbocycles. The van der Waals surface area contributed by atoms with Gasteiger partial charge in [0.2, 0.25) is 5.56 Å². The molecule has 0 bridgehead atoms. The maximum Gasteiger partial charge on any atom is 0.303 e. The van der Waals surface area contributed by atoms with E-state index in [9.17, 15) is 4.79 Å². The number of aryl methyl sites for hydroxylation is 1. The molecule has 6 heteroatoms. The van der Waals surface area contributed by atoms with Gasteiger partial charge in [-0.1, -0.05) is 0 Å². The highest BCUT2D eigenvalue weighted by molar-refractivity contribution is 5.81. The largest absolute Gasteiger partial charge is 0.303 e. The summed E-state index contributed by atoms with van der Waals surface area (Å²) in [5.41, 5.74) is 4.18. The summed E-state index contributed by atoms with van der Waals surface area (Å²) >= 11 is 0. The number of carbonyl (C=O) groups excluding carboxylic acids is 1. The summed E-state index contributed by atoms with van der Waals surface area (Å²) < 4.78 is 34.0. The Morgan fingerprint density at radius 1 is 1.10 bits per heavy atom. The Labute approximate surface area is 128 Å². The topological polar surface area (TPSA) is 109 Å². The highest BCUT2D eigenvalue weighted by Crippen LogP contribution is 2.31. The van der Waals surface area contributed by atoms with Crippen molar-refractivity contribution in [2.75, 3.05) is 0 Å². The molecule has 0 unspecified atom stereocenters. The van der Waals surface area contributed by atoms with Crippen LogP contribution in [0.25, 0.3) is 0 Å². The van der Waals surface area contributed by atoms with Crippen molar-refractivity contribution in [3.63, 3.8) is 0 Å². The second-order valence-electron chi connectivity index (χ2n) is 6.16. The summed E-state index contributed by atoms with van der Waals surface area (Å²) in [7, 11) is -4.94. The molecule has 5 nitrogen and oxygen atoms in total. The fraction of sp³-hybridized carbons (Fsp3) is 0.533. The van der Waals surface area contributed by atoms with Gasteiger partial charge in [0.1, 0.15) is 0 Å². The average molecular weight is 317 g/mol. The second kappa shape index (κ2) is 7.27. The fourth-order valence-electron chi connectivity index (χ4n) is 1.98. The van der Waals surface area contributed by atoms with Gasteiger partial charge in [-0.05, 0) is 47.1 Å². The van der Waals surface area contributed by atoms with Gasteiger partial charge in [0.15, 0.2) is 0 Å². The maximum atomic E-state index is 11.2. The van der Waals surface area contributed by atoms with E-state index in [0.717, 1.165) is 16.7 Å². The molecule has 0 amide bonds. The summed E-state index contributed by atoms with van der Waals surface area (Å²) in [5.74, 6) is 0.359. The SMILES string of the molecule is Cc1cc(C(C)C)c([C+]=O)c(C(C)(C)C)c1.[O-][Cl+3]([O-])([O-])[O-]. The lowest BCUT2D eigenvalue weighted by molar-refractivity contribution is -2.00. The van der Waals surface area contributed by atoms with E-state index in [1.807, 2.05) is 0 Å². The molecule has 0 aliphatic heterocycles. The Kier molecular flexibility index (Phi) is 6.90. The van der Waals surface area contributed by atoms with Crippen LogP contribution in [0, 0.1) is 17.2 Å². The van der Waals surface area contributed by atoms with E-state index in [-0.39, 0.29) is 5.41 Å². The fourth-order valence-corrected chi connectivity index (χ4v) is 1.98. The van der Waals surface area contributed by atoms with Crippen LogP contribution in [0.4, 0.5) is 0 Å². The lowest BCUT2D eigenvalue weighted by Crippen LogP contribution is -2.68. The molecule has 1 rings (SSSR count). The molecular weight excluding hydrogens is 296 g/mol. The first-order chi connectivity index (χ1) is 9.27. The molecule has 0 aliphatic carbocycles. The second-order valence-corrected chi connectivity index (χ2v) is 6.92. The van der Waals surface area contributed by atoms with E-state index in [0.29, 0.717) is 5.92 Å². The smallest absolute Gasteiger partial charge is 0.222 e. The summed E-state index contributed by atoms with van der Waals surface area (Å²) in [4.78, 5) is 11.2. The van der Waals surface area contributed by atoms with Gasteiger partial charge in [-0.2, -0.15) is 0 Å². The van der Waals surface area contributed by atoms with Gasteiger partial charge in [-0.3, -0.25) is 0 Å². The summed E-state index contributed by atoms with van der Waals surface area (Å²) in [6.07, 6.45) is 2.13. The van der Waals surface area contributed by atoms with Crippen LogP contribution >= 0.6 is 0 Å². The van der Waals surface area contributed by atoms with Crippen LogP contribution in [-0.4, -0.2) is 6.29 Å². The van der Waals surface area contributed by atoms with Crippen molar-refractivity contribution >= 4 is 6.29 Å². The van der Waals surface area contributed by atoms with E-state index >= 15 is 0 Å². The van der Waals surface area contributed by atoms with Gasteiger partial charge >= 0.3 is 6.29 Å². The predicted octanol–water partition coefficient (Wildman–Crippen LogP) is -0.882. The van der Waals surface area contributed by atoms with Crippen molar-refractivity contribution in [3.8, 4) is 0 Å². The Balaban J connectivity index is 0.000000690. The minimum atomic E-state index is -4.94. The molecule has 0 aliphatic rings. The molecule has 118 valence electrons. The number of hydrogen-bond donors (Lipinski definition) is 0. The molecular formula is C15H21ClO5. The first kappa shape index (κ1) is 19.9. The van der Waals surface area contributed by atoms with E-state index in [4.69, 9.17) is 18.6 Å². The molecule has 0 aromatic heterocycles. The molecule has 0 fully saturated rings. The Hall–Kier alpha value is -1.07. The zero-order valence-electron chi connectivity index (χ0n) is 13.2. The van der Waals surface area contributed by atoms with Gasteiger partial charge < -0.3 is 0 Å². The molecule has 0 saturated carbocycles. The number of hydrogen-bond acceptors (Lipinski definition) is 5. The van der Waals surface area contributed by atoms with Crippen molar-refractivity contribution in [2.24, 2.45) is 0 Å². The predicted molar refractivity (Wildman–Crippen MR) is 68.8 cm³/mol. The van der Waals surface area contributed by atoms with Crippen molar-refractivity contribution in [2.45, 2.75) is 52.9 Å². The molecule has 0 radical (unpaired) electrons. The van der Waals surface area contributed by atoms with Gasteiger partial charge in [0.25, 0.3) is 0 Å². The lowest BCUT2D eigenvalue weighted by atomic mass is 9.80. The lowest BCUT2D eigenvalue weighted by Gasteiger charge is -2.17. The highest BCUT2D eigenvalue weighted by atomic mass is 35.7. The van der Waals surface area contributed by atoms with E-state index in [1.165, 1.54) is 5.56 Å². The normalized spacial score (nSPS) is 11.8. The van der Waals surface area contributed by atoms with Crippen LogP contribution in [0.2, 0.25) is 0 Å². The summed E-state index contributed by atoms with van der Waals surface area (Å²) in [5, 5.41) is 0. The van der Waals surface area contributed by atoms with Gasteiger partial charge in [0, 0.05) is 23.5 Å². The van der Waals surface area contributed by atoms with Crippen LogP contribution in [-0.2, 0) is 10.2 Å². The Bertz CT molecular complexity index is 478. The van der Waals surface area contributed by atoms with E-state index < -0.39 is 10.2 Å². The first-order valence-corrected chi connectivity index (χ1v) is 7.65. The molecule has 1 aromatic rings. The third-order valence-corrected chi connectivity index (χ3v) is 2.85. The average Bonchev–Trinajstić information content (AvgIpc) is 2.24. The van der Waals surface area contributed by atoms with Crippen LogP contribution in [0.3, 0.4) is 0 Å². The van der Waals surface area contributed by atoms with E-state index in [2.05, 4.69) is 60.0 Å². The van der Waals surface area contributed by atoms with Crippen LogP contribution < -0.4 is 18.6 Å². The van der Waals surface area contributed by atoms with Crippen molar-refractivity contribution in [1.82, 2.24) is 0 Å². The van der Waals surface area contributed by atoms with Crippen LogP contribution in [0.15, 0.2) is 12.1 Å². The van der Waals surface area contributed by atoms with Gasteiger partial charge in [-0.25, -0.2) is 18.6 Å². The van der Waals surface area contributed by atoms with Crippen molar-refractivity contribution in [1.29, 1.82) is 0 Å². The number of halogens is 1. The molecule has 0 saturated heterocycles. The minimum absolute atomic E-state index is 0.0115. The Morgan fingerprint density at radius 2 is 1.52 bits per heavy atom. The summed E-state index contributed by atoms with van der Waals surface area (Å²) in [6.45, 7) is 12.7. The van der Waals surface area contributed by atoms with Gasteiger partial charge in [-0.15, -0.1) is 15.0 Å². The first-order valence-electron chi connectivity index (χ1n) is 6.42. The van der Waals surface area contributed by atoms with Gasteiger partial charge in [0.05, 0.1) is 11.1 Å².